The quantitative estimate of drug-likeness (QED) is 0.749. The maximum Gasteiger partial charge on any atom is 0.494 e. The fourth-order valence-corrected chi connectivity index (χ4v) is 3.52. The number of carbonyl (C=O) groups excluding carboxylic acids is 2. The van der Waals surface area contributed by atoms with Crippen molar-refractivity contribution in [2.75, 3.05) is 5.32 Å². The van der Waals surface area contributed by atoms with E-state index < -0.39 is 30.0 Å². The van der Waals surface area contributed by atoms with Crippen molar-refractivity contribution in [3.8, 4) is 0 Å². The smallest absolute Gasteiger partial charge is 0.443 e. The van der Waals surface area contributed by atoms with Gasteiger partial charge in [0.05, 0.1) is 22.4 Å². The predicted molar refractivity (Wildman–Crippen MR) is 121 cm³/mol. The number of nitrogens with zero attached hydrogens (tertiary/aromatic N) is 1. The number of amides is 1. The Bertz CT molecular complexity index is 1030. The highest BCUT2D eigenvalue weighted by molar-refractivity contribution is 6.62. The van der Waals surface area contributed by atoms with Crippen LogP contribution in [0.2, 0.25) is 0 Å². The third kappa shape index (κ3) is 4.23. The van der Waals surface area contributed by atoms with E-state index in [4.69, 9.17) is 14.0 Å². The number of anilines is 1. The number of carbonyl (C=O) groups is 2. The monoisotopic (exact) mass is 426 g/mol. The summed E-state index contributed by atoms with van der Waals surface area (Å²) in [6.45, 7) is 13.5. The molecule has 2 aliphatic rings. The van der Waals surface area contributed by atoms with Crippen molar-refractivity contribution >= 4 is 41.2 Å². The Morgan fingerprint density at radius 2 is 1.74 bits per heavy atom. The fraction of sp³-hybridized carbons (Fsp3) is 0.565. The molecule has 2 fully saturated rings. The summed E-state index contributed by atoms with van der Waals surface area (Å²) in [7, 11) is -0.536. The summed E-state index contributed by atoms with van der Waals surface area (Å²) >= 11 is 0. The van der Waals surface area contributed by atoms with Crippen molar-refractivity contribution in [3.05, 3.63) is 24.4 Å². The van der Waals surface area contributed by atoms with Crippen LogP contribution >= 0.6 is 0 Å². The first-order valence-electron chi connectivity index (χ1n) is 10.8. The van der Waals surface area contributed by atoms with Crippen molar-refractivity contribution in [1.82, 2.24) is 4.57 Å². The van der Waals surface area contributed by atoms with Gasteiger partial charge in [-0.15, -0.1) is 0 Å². The molecule has 0 atom stereocenters. The van der Waals surface area contributed by atoms with Crippen LogP contribution in [0.3, 0.4) is 0 Å². The number of aromatic nitrogens is 1. The molecular weight excluding hydrogens is 395 g/mol. The molecule has 1 saturated carbocycles. The Labute approximate surface area is 183 Å². The standard InChI is InChI=1S/C23H31BN2O5/c1-21(2,3)29-20(28)26-13-17(25-19(27)14-8-9-14)16-12-15(10-11-18(16)26)24-30-22(4,5)23(6,7)31-24/h10-14H,8-9H2,1-7H3,(H,25,27). The van der Waals surface area contributed by atoms with Crippen molar-refractivity contribution < 1.29 is 23.6 Å². The summed E-state index contributed by atoms with van der Waals surface area (Å²) in [6, 6.07) is 5.64. The number of fused-ring (bicyclic) bond motifs is 1. The van der Waals surface area contributed by atoms with Crippen LogP contribution in [0.15, 0.2) is 24.4 Å². The first-order chi connectivity index (χ1) is 14.3. The summed E-state index contributed by atoms with van der Waals surface area (Å²) in [5, 5.41) is 3.73. The van der Waals surface area contributed by atoms with Gasteiger partial charge in [0.15, 0.2) is 0 Å². The molecule has 1 N–H and O–H groups in total. The molecule has 2 heterocycles. The van der Waals surface area contributed by atoms with Crippen LogP contribution in [0.1, 0.15) is 61.3 Å². The van der Waals surface area contributed by atoms with E-state index in [1.807, 2.05) is 66.7 Å². The molecule has 166 valence electrons. The molecule has 1 aromatic heterocycles. The summed E-state index contributed by atoms with van der Waals surface area (Å²) in [5.74, 6) is 0.0236. The van der Waals surface area contributed by atoms with E-state index in [1.54, 1.807) is 6.20 Å². The molecular formula is C23H31BN2O5. The molecule has 1 saturated heterocycles. The molecule has 1 aromatic carbocycles. The Morgan fingerprint density at radius 1 is 1.13 bits per heavy atom. The number of nitrogens with one attached hydrogen (secondary N) is 1. The van der Waals surface area contributed by atoms with Gasteiger partial charge in [-0.2, -0.15) is 0 Å². The Morgan fingerprint density at radius 3 is 2.29 bits per heavy atom. The highest BCUT2D eigenvalue weighted by Crippen LogP contribution is 2.37. The van der Waals surface area contributed by atoms with Gasteiger partial charge in [-0.1, -0.05) is 12.1 Å². The lowest BCUT2D eigenvalue weighted by Crippen LogP contribution is -2.41. The molecule has 1 amide bonds. The van der Waals surface area contributed by atoms with Gasteiger partial charge in [-0.3, -0.25) is 9.36 Å². The van der Waals surface area contributed by atoms with Crippen molar-refractivity contribution in [3.63, 3.8) is 0 Å². The molecule has 0 unspecified atom stereocenters. The zero-order chi connectivity index (χ0) is 22.8. The average molecular weight is 426 g/mol. The lowest BCUT2D eigenvalue weighted by Gasteiger charge is -2.32. The van der Waals surface area contributed by atoms with Crippen molar-refractivity contribution in [2.45, 2.75) is 78.1 Å². The summed E-state index contributed by atoms with van der Waals surface area (Å²) in [5.41, 5.74) is 0.510. The average Bonchev–Trinajstić information content (AvgIpc) is 3.38. The number of hydrogen-bond donors (Lipinski definition) is 1. The van der Waals surface area contributed by atoms with E-state index in [9.17, 15) is 9.59 Å². The van der Waals surface area contributed by atoms with Gasteiger partial charge in [0.25, 0.3) is 0 Å². The fourth-order valence-electron chi connectivity index (χ4n) is 3.52. The second kappa shape index (κ2) is 7.10. The van der Waals surface area contributed by atoms with Gasteiger partial charge in [0.2, 0.25) is 5.91 Å². The molecule has 31 heavy (non-hydrogen) atoms. The topological polar surface area (TPSA) is 78.8 Å². The molecule has 4 rings (SSSR count). The molecule has 1 aliphatic heterocycles. The Hall–Kier alpha value is -2.32. The third-order valence-electron chi connectivity index (χ3n) is 6.15. The molecule has 8 heteroatoms. The minimum Gasteiger partial charge on any atom is -0.443 e. The van der Waals surface area contributed by atoms with Gasteiger partial charge >= 0.3 is 13.2 Å². The minimum atomic E-state index is -0.631. The van der Waals surface area contributed by atoms with Gasteiger partial charge in [0.1, 0.15) is 5.60 Å². The van der Waals surface area contributed by atoms with Crippen LogP contribution in [0.4, 0.5) is 10.5 Å². The summed E-state index contributed by atoms with van der Waals surface area (Å²) in [6.07, 6.45) is 2.94. The van der Waals surface area contributed by atoms with Crippen molar-refractivity contribution in [1.29, 1.82) is 0 Å². The number of hydrogen-bond acceptors (Lipinski definition) is 5. The Kier molecular flexibility index (Phi) is 5.02. The molecule has 0 radical (unpaired) electrons. The second-order valence-corrected chi connectivity index (χ2v) is 10.5. The normalized spacial score (nSPS) is 20.2. The van der Waals surface area contributed by atoms with Gasteiger partial charge < -0.3 is 19.4 Å². The highest BCUT2D eigenvalue weighted by Gasteiger charge is 2.51. The first-order valence-corrected chi connectivity index (χ1v) is 10.8. The third-order valence-corrected chi connectivity index (χ3v) is 6.15. The molecule has 0 bridgehead atoms. The number of benzene rings is 1. The first kappa shape index (κ1) is 21.9. The van der Waals surface area contributed by atoms with Crippen LogP contribution in [-0.2, 0) is 18.8 Å². The molecule has 0 spiro atoms. The lowest BCUT2D eigenvalue weighted by atomic mass is 9.78. The lowest BCUT2D eigenvalue weighted by molar-refractivity contribution is -0.117. The van der Waals surface area contributed by atoms with Gasteiger partial charge in [-0.05, 0) is 72.8 Å². The zero-order valence-electron chi connectivity index (χ0n) is 19.4. The van der Waals surface area contributed by atoms with E-state index in [-0.39, 0.29) is 11.8 Å². The SMILES string of the molecule is CC(C)(C)OC(=O)n1cc(NC(=O)C2CC2)c2cc(B3OC(C)(C)C(C)(C)O3)ccc21. The van der Waals surface area contributed by atoms with Gasteiger partial charge in [0, 0.05) is 17.5 Å². The maximum atomic E-state index is 12.8. The van der Waals surface area contributed by atoms with Crippen LogP contribution in [0.25, 0.3) is 10.9 Å². The maximum absolute atomic E-state index is 12.8. The van der Waals surface area contributed by atoms with E-state index in [0.717, 1.165) is 23.7 Å². The predicted octanol–water partition coefficient (Wildman–Crippen LogP) is 4.07. The highest BCUT2D eigenvalue weighted by atomic mass is 16.7. The van der Waals surface area contributed by atoms with Crippen molar-refractivity contribution in [2.24, 2.45) is 5.92 Å². The van der Waals surface area contributed by atoms with E-state index in [1.165, 1.54) is 4.57 Å². The van der Waals surface area contributed by atoms with E-state index in [0.29, 0.717) is 11.2 Å². The molecule has 2 aromatic rings. The van der Waals surface area contributed by atoms with E-state index in [2.05, 4.69) is 5.32 Å². The largest absolute Gasteiger partial charge is 0.494 e. The number of rotatable bonds is 3. The van der Waals surface area contributed by atoms with Crippen LogP contribution < -0.4 is 10.8 Å². The summed E-state index contributed by atoms with van der Waals surface area (Å²) < 4.78 is 19.4. The van der Waals surface area contributed by atoms with Gasteiger partial charge in [-0.25, -0.2) is 4.79 Å². The minimum absolute atomic E-state index is 0.0238. The van der Waals surface area contributed by atoms with Crippen LogP contribution in [0.5, 0.6) is 0 Å². The van der Waals surface area contributed by atoms with E-state index >= 15 is 0 Å². The van der Waals surface area contributed by atoms with Crippen LogP contribution in [-0.4, -0.2) is 40.5 Å². The summed E-state index contributed by atoms with van der Waals surface area (Å²) in [4.78, 5) is 25.3. The number of ether oxygens (including phenoxy) is 1. The Balaban J connectivity index is 1.74. The zero-order valence-corrected chi connectivity index (χ0v) is 19.4. The second-order valence-electron chi connectivity index (χ2n) is 10.5. The van der Waals surface area contributed by atoms with Crippen LogP contribution in [0, 0.1) is 5.92 Å². The molecule has 7 nitrogen and oxygen atoms in total. The molecule has 1 aliphatic carbocycles.